The maximum Gasteiger partial charge on any atom is 0.273 e. The number of hydrogen-bond acceptors (Lipinski definition) is 5. The number of rotatable bonds is 4. The number of sulfonamides is 1. The summed E-state index contributed by atoms with van der Waals surface area (Å²) in [5.74, 6) is -0.173. The van der Waals surface area contributed by atoms with Gasteiger partial charge in [0.15, 0.2) is 0 Å². The van der Waals surface area contributed by atoms with E-state index < -0.39 is 10.0 Å². The highest BCUT2D eigenvalue weighted by Gasteiger charge is 2.31. The van der Waals surface area contributed by atoms with E-state index in [1.165, 1.54) is 27.8 Å². The molecule has 6 nitrogen and oxygen atoms in total. The number of thiazole rings is 1. The molecule has 4 rings (SSSR count). The monoisotopic (exact) mass is 461 g/mol. The summed E-state index contributed by atoms with van der Waals surface area (Å²) in [6.07, 6.45) is 0. The number of carbonyl (C=O) groups excluding carboxylic acids is 1. The molecular formula is C21H20ClN3O3S2. The fourth-order valence-electron chi connectivity index (χ4n) is 3.25. The highest BCUT2D eigenvalue weighted by molar-refractivity contribution is 7.89. The number of benzene rings is 2. The molecule has 0 bridgehead atoms. The largest absolute Gasteiger partial charge is 0.335 e. The van der Waals surface area contributed by atoms with Gasteiger partial charge in [0.1, 0.15) is 10.7 Å². The van der Waals surface area contributed by atoms with Crippen LogP contribution < -0.4 is 0 Å². The van der Waals surface area contributed by atoms with E-state index in [1.54, 1.807) is 22.4 Å². The van der Waals surface area contributed by atoms with Crippen LogP contribution in [0.25, 0.3) is 10.6 Å². The van der Waals surface area contributed by atoms with E-state index >= 15 is 0 Å². The molecule has 1 aliphatic rings. The number of aromatic nitrogens is 1. The fraction of sp³-hybridized carbons (Fsp3) is 0.238. The molecule has 1 amide bonds. The molecular weight excluding hydrogens is 442 g/mol. The number of hydrogen-bond donors (Lipinski definition) is 0. The Morgan fingerprint density at radius 2 is 1.63 bits per heavy atom. The van der Waals surface area contributed by atoms with Gasteiger partial charge in [-0.1, -0.05) is 41.4 Å². The van der Waals surface area contributed by atoms with E-state index in [2.05, 4.69) is 4.98 Å². The Hall–Kier alpha value is -2.26. The van der Waals surface area contributed by atoms with Crippen molar-refractivity contribution in [1.29, 1.82) is 0 Å². The van der Waals surface area contributed by atoms with Gasteiger partial charge in [0, 0.05) is 42.1 Å². The van der Waals surface area contributed by atoms with Crippen molar-refractivity contribution in [1.82, 2.24) is 14.2 Å². The Morgan fingerprint density at radius 1 is 1.00 bits per heavy atom. The average molecular weight is 462 g/mol. The van der Waals surface area contributed by atoms with Crippen LogP contribution in [0, 0.1) is 6.92 Å². The quantitative estimate of drug-likeness (QED) is 0.590. The lowest BCUT2D eigenvalue weighted by Gasteiger charge is -2.33. The van der Waals surface area contributed by atoms with Gasteiger partial charge in [-0.25, -0.2) is 13.4 Å². The number of nitrogens with zero attached hydrogens (tertiary/aromatic N) is 3. The van der Waals surface area contributed by atoms with Crippen LogP contribution in [-0.2, 0) is 10.0 Å². The average Bonchev–Trinajstić information content (AvgIpc) is 3.24. The van der Waals surface area contributed by atoms with Crippen molar-refractivity contribution in [2.45, 2.75) is 11.8 Å². The zero-order valence-electron chi connectivity index (χ0n) is 16.3. The Bertz CT molecular complexity index is 1150. The fourth-order valence-corrected chi connectivity index (χ4v) is 5.60. The van der Waals surface area contributed by atoms with Gasteiger partial charge < -0.3 is 4.90 Å². The third-order valence-electron chi connectivity index (χ3n) is 5.00. The van der Waals surface area contributed by atoms with Gasteiger partial charge in [-0.2, -0.15) is 4.31 Å². The SMILES string of the molecule is Cc1ccc(-c2nc(C(=O)N3CCN(S(=O)(=O)c4ccc(Cl)cc4)CC3)cs2)cc1. The molecule has 0 radical (unpaired) electrons. The zero-order chi connectivity index (χ0) is 21.3. The van der Waals surface area contributed by atoms with Gasteiger partial charge in [0.25, 0.3) is 5.91 Å². The number of halogens is 1. The second-order valence-electron chi connectivity index (χ2n) is 7.05. The molecule has 3 aromatic rings. The minimum absolute atomic E-state index is 0.173. The minimum Gasteiger partial charge on any atom is -0.335 e. The van der Waals surface area contributed by atoms with E-state index in [1.807, 2.05) is 31.2 Å². The number of aryl methyl sites for hydroxylation is 1. The molecule has 1 aliphatic heterocycles. The van der Waals surface area contributed by atoms with Crippen LogP contribution in [0.15, 0.2) is 58.8 Å². The summed E-state index contributed by atoms with van der Waals surface area (Å²) in [7, 11) is -3.60. The third kappa shape index (κ3) is 4.27. The van der Waals surface area contributed by atoms with Crippen LogP contribution in [0.4, 0.5) is 0 Å². The van der Waals surface area contributed by atoms with Crippen LogP contribution in [0.1, 0.15) is 16.1 Å². The molecule has 1 fully saturated rings. The van der Waals surface area contributed by atoms with Crippen molar-refractivity contribution < 1.29 is 13.2 Å². The smallest absolute Gasteiger partial charge is 0.273 e. The topological polar surface area (TPSA) is 70.6 Å². The van der Waals surface area contributed by atoms with Gasteiger partial charge in [0.2, 0.25) is 10.0 Å². The Kier molecular flexibility index (Phi) is 5.92. The summed E-state index contributed by atoms with van der Waals surface area (Å²) >= 11 is 7.28. The van der Waals surface area contributed by atoms with Crippen molar-refractivity contribution in [2.24, 2.45) is 0 Å². The molecule has 0 unspecified atom stereocenters. The number of piperazine rings is 1. The minimum atomic E-state index is -3.60. The first-order valence-corrected chi connectivity index (χ1v) is 12.1. The van der Waals surface area contributed by atoms with Gasteiger partial charge >= 0.3 is 0 Å². The van der Waals surface area contributed by atoms with Gasteiger partial charge in [-0.05, 0) is 31.2 Å². The van der Waals surface area contributed by atoms with Crippen LogP contribution >= 0.6 is 22.9 Å². The van der Waals surface area contributed by atoms with Crippen molar-refractivity contribution in [3.8, 4) is 10.6 Å². The van der Waals surface area contributed by atoms with Crippen molar-refractivity contribution in [3.05, 3.63) is 70.2 Å². The molecule has 0 atom stereocenters. The summed E-state index contributed by atoms with van der Waals surface area (Å²) in [6.45, 7) is 3.15. The van der Waals surface area contributed by atoms with Gasteiger partial charge in [0.05, 0.1) is 4.90 Å². The van der Waals surface area contributed by atoms with E-state index in [4.69, 9.17) is 11.6 Å². The normalized spacial score (nSPS) is 15.3. The lowest BCUT2D eigenvalue weighted by molar-refractivity contribution is 0.0693. The second kappa shape index (κ2) is 8.47. The molecule has 1 saturated heterocycles. The summed E-state index contributed by atoms with van der Waals surface area (Å²) in [6, 6.07) is 14.1. The maximum absolute atomic E-state index is 12.8. The van der Waals surface area contributed by atoms with Crippen molar-refractivity contribution in [2.75, 3.05) is 26.2 Å². The predicted molar refractivity (Wildman–Crippen MR) is 118 cm³/mol. The van der Waals surface area contributed by atoms with Crippen LogP contribution in [0.3, 0.4) is 0 Å². The summed E-state index contributed by atoms with van der Waals surface area (Å²) in [5.41, 5.74) is 2.53. The Balaban J connectivity index is 1.42. The van der Waals surface area contributed by atoms with Crippen LogP contribution in [0.5, 0.6) is 0 Å². The van der Waals surface area contributed by atoms with E-state index in [0.717, 1.165) is 16.1 Å². The van der Waals surface area contributed by atoms with Crippen molar-refractivity contribution in [3.63, 3.8) is 0 Å². The number of carbonyl (C=O) groups is 1. The molecule has 0 aliphatic carbocycles. The molecule has 0 N–H and O–H groups in total. The Labute approximate surface area is 184 Å². The highest BCUT2D eigenvalue weighted by Crippen LogP contribution is 2.25. The molecule has 1 aromatic heterocycles. The van der Waals surface area contributed by atoms with Crippen LogP contribution in [-0.4, -0.2) is 54.7 Å². The second-order valence-corrected chi connectivity index (χ2v) is 10.3. The number of amides is 1. The zero-order valence-corrected chi connectivity index (χ0v) is 18.7. The van der Waals surface area contributed by atoms with Gasteiger partial charge in [-0.3, -0.25) is 4.79 Å². The summed E-state index contributed by atoms with van der Waals surface area (Å²) < 4.78 is 27.0. The lowest BCUT2D eigenvalue weighted by Crippen LogP contribution is -2.50. The first-order valence-electron chi connectivity index (χ1n) is 9.42. The molecule has 0 spiro atoms. The standard InChI is InChI=1S/C21H20ClN3O3S2/c1-15-2-4-16(5-3-15)20-23-19(14-29-20)21(26)24-10-12-25(13-11-24)30(27,28)18-8-6-17(22)7-9-18/h2-9,14H,10-13H2,1H3. The Morgan fingerprint density at radius 3 is 2.27 bits per heavy atom. The summed E-state index contributed by atoms with van der Waals surface area (Å²) in [4.78, 5) is 19.2. The molecule has 2 aromatic carbocycles. The molecule has 0 saturated carbocycles. The summed E-state index contributed by atoms with van der Waals surface area (Å²) in [5, 5.41) is 3.04. The van der Waals surface area contributed by atoms with Crippen LogP contribution in [0.2, 0.25) is 5.02 Å². The molecule has 2 heterocycles. The van der Waals surface area contributed by atoms with E-state index in [0.29, 0.717) is 23.8 Å². The predicted octanol–water partition coefficient (Wildman–Crippen LogP) is 3.92. The van der Waals surface area contributed by atoms with E-state index in [9.17, 15) is 13.2 Å². The molecule has 30 heavy (non-hydrogen) atoms. The first-order chi connectivity index (χ1) is 14.3. The molecule has 156 valence electrons. The maximum atomic E-state index is 12.8. The highest BCUT2D eigenvalue weighted by atomic mass is 35.5. The molecule has 9 heteroatoms. The van der Waals surface area contributed by atoms with Gasteiger partial charge in [-0.15, -0.1) is 11.3 Å². The van der Waals surface area contributed by atoms with E-state index in [-0.39, 0.29) is 23.9 Å². The third-order valence-corrected chi connectivity index (χ3v) is 8.06. The lowest BCUT2D eigenvalue weighted by atomic mass is 10.2. The first kappa shape index (κ1) is 21.0. The van der Waals surface area contributed by atoms with Crippen molar-refractivity contribution >= 4 is 38.9 Å².